The van der Waals surface area contributed by atoms with E-state index in [1.165, 1.54) is 6.42 Å². The predicted molar refractivity (Wildman–Crippen MR) is 66.8 cm³/mol. The first-order valence-electron chi connectivity index (χ1n) is 6.61. The molecule has 0 bridgehead atoms. The summed E-state index contributed by atoms with van der Waals surface area (Å²) in [6.45, 7) is 3.28. The maximum absolute atomic E-state index is 12.1. The Morgan fingerprint density at radius 2 is 2.29 bits per heavy atom. The summed E-state index contributed by atoms with van der Waals surface area (Å²) in [5, 5.41) is 9.46. The molecule has 1 aliphatic heterocycles. The molecule has 1 N–H and O–H groups in total. The first kappa shape index (κ1) is 14.5. The first-order valence-corrected chi connectivity index (χ1v) is 6.61. The summed E-state index contributed by atoms with van der Waals surface area (Å²) < 4.78 is 4.96. The number of nitrogens with zero attached hydrogens (tertiary/aromatic N) is 1. The number of piperidine rings is 1. The van der Waals surface area contributed by atoms with Crippen LogP contribution in [0.4, 0.5) is 0 Å². The average molecular weight is 243 g/mol. The summed E-state index contributed by atoms with van der Waals surface area (Å²) in [5.74, 6) is 0.215. The Morgan fingerprint density at radius 1 is 1.53 bits per heavy atom. The standard InChI is InChI=1S/C13H25NO3/c1-11(15)10-12-6-3-4-8-14(12)13(16)7-5-9-17-2/h11-12,15H,3-10H2,1-2H3. The van der Waals surface area contributed by atoms with Crippen LogP contribution in [0, 0.1) is 0 Å². The maximum Gasteiger partial charge on any atom is 0.222 e. The molecule has 1 aliphatic rings. The SMILES string of the molecule is COCCCC(=O)N1CCCCC1CC(C)O. The number of hydrogen-bond donors (Lipinski definition) is 1. The van der Waals surface area contributed by atoms with E-state index in [2.05, 4.69) is 0 Å². The number of methoxy groups -OCH3 is 1. The molecule has 0 aromatic heterocycles. The van der Waals surface area contributed by atoms with Crippen molar-refractivity contribution in [2.75, 3.05) is 20.3 Å². The van der Waals surface area contributed by atoms with E-state index < -0.39 is 0 Å². The number of ether oxygens (including phenoxy) is 1. The van der Waals surface area contributed by atoms with Gasteiger partial charge >= 0.3 is 0 Å². The van der Waals surface area contributed by atoms with Crippen LogP contribution >= 0.6 is 0 Å². The van der Waals surface area contributed by atoms with Crippen LogP contribution in [0.2, 0.25) is 0 Å². The van der Waals surface area contributed by atoms with Gasteiger partial charge < -0.3 is 14.7 Å². The van der Waals surface area contributed by atoms with Crippen LogP contribution in [-0.2, 0) is 9.53 Å². The number of aliphatic hydroxyl groups excluding tert-OH is 1. The molecule has 0 aromatic rings. The molecule has 2 atom stereocenters. The van der Waals surface area contributed by atoms with Gasteiger partial charge in [0.2, 0.25) is 5.91 Å². The van der Waals surface area contributed by atoms with E-state index in [0.29, 0.717) is 19.4 Å². The van der Waals surface area contributed by atoms with Gasteiger partial charge in [-0.2, -0.15) is 0 Å². The monoisotopic (exact) mass is 243 g/mol. The molecule has 100 valence electrons. The summed E-state index contributed by atoms with van der Waals surface area (Å²) in [6.07, 6.45) is 5.01. The van der Waals surface area contributed by atoms with Crippen LogP contribution in [0.25, 0.3) is 0 Å². The lowest BCUT2D eigenvalue weighted by Crippen LogP contribution is -2.45. The van der Waals surface area contributed by atoms with Crippen LogP contribution < -0.4 is 0 Å². The number of likely N-dealkylation sites (tertiary alicyclic amines) is 1. The van der Waals surface area contributed by atoms with Gasteiger partial charge in [0.05, 0.1) is 6.10 Å². The molecule has 4 heteroatoms. The lowest BCUT2D eigenvalue weighted by Gasteiger charge is -2.36. The summed E-state index contributed by atoms with van der Waals surface area (Å²) in [6, 6.07) is 0.235. The molecule has 1 fully saturated rings. The zero-order chi connectivity index (χ0) is 12.7. The zero-order valence-corrected chi connectivity index (χ0v) is 11.0. The minimum absolute atomic E-state index is 0.215. The van der Waals surface area contributed by atoms with Gasteiger partial charge in [-0.25, -0.2) is 0 Å². The second-order valence-electron chi connectivity index (χ2n) is 4.92. The van der Waals surface area contributed by atoms with Crippen molar-refractivity contribution >= 4 is 5.91 Å². The molecule has 1 heterocycles. The highest BCUT2D eigenvalue weighted by atomic mass is 16.5. The molecular weight excluding hydrogens is 218 g/mol. The van der Waals surface area contributed by atoms with Gasteiger partial charge in [0.25, 0.3) is 0 Å². The molecule has 0 radical (unpaired) electrons. The van der Waals surface area contributed by atoms with Crippen molar-refractivity contribution in [3.05, 3.63) is 0 Å². The summed E-state index contributed by atoms with van der Waals surface area (Å²) in [4.78, 5) is 14.0. The van der Waals surface area contributed by atoms with E-state index in [1.807, 2.05) is 4.90 Å². The van der Waals surface area contributed by atoms with Crippen LogP contribution in [0.5, 0.6) is 0 Å². The Hall–Kier alpha value is -0.610. The van der Waals surface area contributed by atoms with Crippen molar-refractivity contribution in [3.8, 4) is 0 Å². The van der Waals surface area contributed by atoms with E-state index in [1.54, 1.807) is 14.0 Å². The van der Waals surface area contributed by atoms with Gasteiger partial charge in [0.15, 0.2) is 0 Å². The van der Waals surface area contributed by atoms with Crippen molar-refractivity contribution < 1.29 is 14.6 Å². The number of hydrogen-bond acceptors (Lipinski definition) is 3. The third kappa shape index (κ3) is 5.04. The van der Waals surface area contributed by atoms with Gasteiger partial charge in [-0.3, -0.25) is 4.79 Å². The van der Waals surface area contributed by atoms with Crippen molar-refractivity contribution in [2.45, 2.75) is 57.6 Å². The zero-order valence-electron chi connectivity index (χ0n) is 11.0. The normalized spacial score (nSPS) is 22.5. The molecule has 0 aliphatic carbocycles. The summed E-state index contributed by atoms with van der Waals surface area (Å²) >= 11 is 0. The largest absolute Gasteiger partial charge is 0.393 e. The van der Waals surface area contributed by atoms with Crippen molar-refractivity contribution in [3.63, 3.8) is 0 Å². The number of rotatable bonds is 6. The van der Waals surface area contributed by atoms with Crippen LogP contribution in [0.1, 0.15) is 45.4 Å². The molecule has 1 amide bonds. The predicted octanol–water partition coefficient (Wildman–Crippen LogP) is 1.57. The molecule has 0 aromatic carbocycles. The minimum atomic E-state index is -0.327. The Balaban J connectivity index is 2.43. The number of carbonyl (C=O) groups is 1. The highest BCUT2D eigenvalue weighted by Crippen LogP contribution is 2.22. The Kier molecular flexibility index (Phi) is 6.52. The quantitative estimate of drug-likeness (QED) is 0.720. The maximum atomic E-state index is 12.1. The number of carbonyl (C=O) groups excluding carboxylic acids is 1. The fourth-order valence-electron chi connectivity index (χ4n) is 2.48. The fraction of sp³-hybridized carbons (Fsp3) is 0.923. The third-order valence-electron chi connectivity index (χ3n) is 3.30. The van der Waals surface area contributed by atoms with E-state index in [9.17, 15) is 9.90 Å². The smallest absolute Gasteiger partial charge is 0.222 e. The summed E-state index contributed by atoms with van der Waals surface area (Å²) in [7, 11) is 1.65. The van der Waals surface area contributed by atoms with Crippen LogP contribution in [-0.4, -0.2) is 48.3 Å². The third-order valence-corrected chi connectivity index (χ3v) is 3.30. The molecule has 2 unspecified atom stereocenters. The Bertz CT molecular complexity index is 231. The van der Waals surface area contributed by atoms with E-state index in [4.69, 9.17) is 4.74 Å². The van der Waals surface area contributed by atoms with Crippen LogP contribution in [0.3, 0.4) is 0 Å². The minimum Gasteiger partial charge on any atom is -0.393 e. The molecule has 1 saturated heterocycles. The van der Waals surface area contributed by atoms with Crippen LogP contribution in [0.15, 0.2) is 0 Å². The number of amides is 1. The van der Waals surface area contributed by atoms with Gasteiger partial charge in [0, 0.05) is 32.7 Å². The molecule has 1 rings (SSSR count). The van der Waals surface area contributed by atoms with Crippen molar-refractivity contribution in [2.24, 2.45) is 0 Å². The molecular formula is C13H25NO3. The second-order valence-corrected chi connectivity index (χ2v) is 4.92. The summed E-state index contributed by atoms with van der Waals surface area (Å²) in [5.41, 5.74) is 0. The van der Waals surface area contributed by atoms with E-state index in [-0.39, 0.29) is 18.1 Å². The molecule has 4 nitrogen and oxygen atoms in total. The topological polar surface area (TPSA) is 49.8 Å². The van der Waals surface area contributed by atoms with Gasteiger partial charge in [-0.1, -0.05) is 0 Å². The van der Waals surface area contributed by atoms with E-state index in [0.717, 1.165) is 25.8 Å². The average Bonchev–Trinajstić information content (AvgIpc) is 2.29. The lowest BCUT2D eigenvalue weighted by molar-refractivity contribution is -0.135. The second kappa shape index (κ2) is 7.67. The highest BCUT2D eigenvalue weighted by molar-refractivity contribution is 5.76. The Labute approximate surface area is 104 Å². The lowest BCUT2D eigenvalue weighted by atomic mass is 9.96. The molecule has 0 spiro atoms. The van der Waals surface area contributed by atoms with E-state index >= 15 is 0 Å². The molecule has 17 heavy (non-hydrogen) atoms. The first-order chi connectivity index (χ1) is 8.15. The molecule has 0 saturated carbocycles. The van der Waals surface area contributed by atoms with Crippen molar-refractivity contribution in [1.82, 2.24) is 4.90 Å². The number of aliphatic hydroxyl groups is 1. The highest BCUT2D eigenvalue weighted by Gasteiger charge is 2.26. The van der Waals surface area contributed by atoms with Gasteiger partial charge in [-0.05, 0) is 39.0 Å². The Morgan fingerprint density at radius 3 is 2.94 bits per heavy atom. The van der Waals surface area contributed by atoms with Gasteiger partial charge in [-0.15, -0.1) is 0 Å². The van der Waals surface area contributed by atoms with Crippen molar-refractivity contribution in [1.29, 1.82) is 0 Å². The fourth-order valence-corrected chi connectivity index (χ4v) is 2.48. The van der Waals surface area contributed by atoms with Gasteiger partial charge in [0.1, 0.15) is 0 Å².